The summed E-state index contributed by atoms with van der Waals surface area (Å²) < 4.78 is 20.0. The van der Waals surface area contributed by atoms with E-state index in [0.29, 0.717) is 17.5 Å². The zero-order valence-electron chi connectivity index (χ0n) is 21.3. The van der Waals surface area contributed by atoms with Gasteiger partial charge in [0.2, 0.25) is 0 Å². The van der Waals surface area contributed by atoms with Crippen LogP contribution in [0.15, 0.2) is 35.3 Å². The Kier molecular flexibility index (Phi) is 8.15. The van der Waals surface area contributed by atoms with Gasteiger partial charge in [-0.05, 0) is 30.6 Å². The van der Waals surface area contributed by atoms with E-state index in [4.69, 9.17) is 19.6 Å². The zero-order chi connectivity index (χ0) is 26.0. The molecular formula is C24H36N4O6Si. The number of hydrogen-bond acceptors (Lipinski definition) is 8. The predicted molar refractivity (Wildman–Crippen MR) is 135 cm³/mol. The van der Waals surface area contributed by atoms with Crippen molar-refractivity contribution in [3.8, 4) is 0 Å². The number of nitro groups is 1. The first-order valence-electron chi connectivity index (χ1n) is 11.8. The van der Waals surface area contributed by atoms with Gasteiger partial charge in [-0.2, -0.15) is 4.98 Å². The van der Waals surface area contributed by atoms with E-state index in [0.717, 1.165) is 6.42 Å². The van der Waals surface area contributed by atoms with Crippen LogP contribution in [-0.2, 0) is 27.1 Å². The topological polar surface area (TPSA) is 132 Å². The Morgan fingerprint density at radius 2 is 1.91 bits per heavy atom. The third-order valence-corrected chi connectivity index (χ3v) is 11.4. The highest BCUT2D eigenvalue weighted by atomic mass is 28.4. The highest BCUT2D eigenvalue weighted by Gasteiger charge is 2.44. The second-order valence-corrected chi connectivity index (χ2v) is 15.2. The lowest BCUT2D eigenvalue weighted by Crippen LogP contribution is -2.45. The Balaban J connectivity index is 1.75. The molecule has 3 atom stereocenters. The highest BCUT2D eigenvalue weighted by molar-refractivity contribution is 6.74. The van der Waals surface area contributed by atoms with E-state index in [1.807, 2.05) is 6.92 Å². The van der Waals surface area contributed by atoms with Crippen molar-refractivity contribution in [2.24, 2.45) is 0 Å². The molecule has 2 heterocycles. The molecule has 2 N–H and O–H groups in total. The van der Waals surface area contributed by atoms with Crippen molar-refractivity contribution in [1.82, 2.24) is 9.55 Å². The summed E-state index contributed by atoms with van der Waals surface area (Å²) in [4.78, 5) is 27.4. The monoisotopic (exact) mass is 504 g/mol. The summed E-state index contributed by atoms with van der Waals surface area (Å²) in [6.45, 7) is 13.1. The number of ether oxygens (including phenoxy) is 2. The maximum Gasteiger partial charge on any atom is 0.351 e. The third-order valence-electron chi connectivity index (χ3n) is 6.91. The minimum absolute atomic E-state index is 0.0127. The van der Waals surface area contributed by atoms with Crippen LogP contribution in [0.2, 0.25) is 18.1 Å². The molecule has 1 aliphatic heterocycles. The molecule has 0 spiro atoms. The molecule has 35 heavy (non-hydrogen) atoms. The van der Waals surface area contributed by atoms with Gasteiger partial charge in [-0.25, -0.2) is 4.79 Å². The number of nitrogens with two attached hydrogens (primary N) is 1. The summed E-state index contributed by atoms with van der Waals surface area (Å²) in [6, 6.07) is 6.39. The van der Waals surface area contributed by atoms with Crippen molar-refractivity contribution in [2.75, 3.05) is 5.73 Å². The first-order chi connectivity index (χ1) is 16.3. The molecule has 1 fully saturated rings. The molecule has 1 aliphatic rings. The average molecular weight is 505 g/mol. The zero-order valence-corrected chi connectivity index (χ0v) is 22.3. The van der Waals surface area contributed by atoms with E-state index in [9.17, 15) is 14.9 Å². The van der Waals surface area contributed by atoms with Crippen molar-refractivity contribution in [3.63, 3.8) is 0 Å². The van der Waals surface area contributed by atoms with Crippen LogP contribution in [0.5, 0.6) is 0 Å². The van der Waals surface area contributed by atoms with Gasteiger partial charge in [-0.3, -0.25) is 14.7 Å². The van der Waals surface area contributed by atoms with Crippen LogP contribution < -0.4 is 11.4 Å². The molecule has 0 aliphatic carbocycles. The maximum atomic E-state index is 12.7. The van der Waals surface area contributed by atoms with Crippen LogP contribution in [-0.4, -0.2) is 35.0 Å². The van der Waals surface area contributed by atoms with Crippen molar-refractivity contribution >= 4 is 19.8 Å². The molecule has 1 unspecified atom stereocenters. The molecule has 0 amide bonds. The summed E-state index contributed by atoms with van der Waals surface area (Å²) in [7, 11) is -2.03. The van der Waals surface area contributed by atoms with Gasteiger partial charge in [-0.15, -0.1) is 0 Å². The van der Waals surface area contributed by atoms with E-state index < -0.39 is 25.2 Å². The van der Waals surface area contributed by atoms with Gasteiger partial charge in [0.05, 0.1) is 35.9 Å². The van der Waals surface area contributed by atoms with E-state index in [1.54, 1.807) is 24.4 Å². The Labute approximate surface area is 206 Å². The van der Waals surface area contributed by atoms with Gasteiger partial charge in [0.25, 0.3) is 5.69 Å². The van der Waals surface area contributed by atoms with Gasteiger partial charge >= 0.3 is 5.69 Å². The minimum atomic E-state index is -2.03. The summed E-state index contributed by atoms with van der Waals surface area (Å²) in [5.41, 5.74) is 6.43. The van der Waals surface area contributed by atoms with Crippen LogP contribution in [0.1, 0.15) is 57.9 Å². The van der Waals surface area contributed by atoms with Gasteiger partial charge in [0.1, 0.15) is 12.0 Å². The van der Waals surface area contributed by atoms with Crippen molar-refractivity contribution in [3.05, 3.63) is 62.2 Å². The van der Waals surface area contributed by atoms with Crippen molar-refractivity contribution in [2.45, 2.75) is 90.3 Å². The summed E-state index contributed by atoms with van der Waals surface area (Å²) in [6.07, 6.45) is 2.14. The predicted octanol–water partition coefficient (Wildman–Crippen LogP) is 4.54. The maximum absolute atomic E-state index is 12.7. The number of nitro benzene ring substituents is 1. The second kappa shape index (κ2) is 10.6. The lowest BCUT2D eigenvalue weighted by molar-refractivity contribution is -0.386. The number of para-hydroxylation sites is 1. The first-order valence-corrected chi connectivity index (χ1v) is 14.8. The van der Waals surface area contributed by atoms with Crippen LogP contribution in [0.25, 0.3) is 0 Å². The quantitative estimate of drug-likeness (QED) is 0.299. The number of aromatic nitrogens is 2. The number of rotatable bonds is 9. The highest BCUT2D eigenvalue weighted by Crippen LogP contribution is 2.41. The fourth-order valence-electron chi connectivity index (χ4n) is 3.83. The molecule has 3 rings (SSSR count). The van der Waals surface area contributed by atoms with E-state index in [-0.39, 0.29) is 42.0 Å². The van der Waals surface area contributed by atoms with Gasteiger partial charge in [0, 0.05) is 24.2 Å². The molecule has 11 heteroatoms. The SMILES string of the molecule is CC[C@H]1O[C@@H](n2cc(COCc3ccccc3[N+](=O)[O-])c(N)nc2=O)CC1O[Si](C)(C)C(C)(C)C. The fraction of sp³-hybridized carbons (Fsp3) is 0.583. The summed E-state index contributed by atoms with van der Waals surface area (Å²) in [5, 5.41) is 11.3. The van der Waals surface area contributed by atoms with Crippen LogP contribution in [0, 0.1) is 10.1 Å². The van der Waals surface area contributed by atoms with Crippen molar-refractivity contribution < 1.29 is 18.8 Å². The Morgan fingerprint density at radius 1 is 1.26 bits per heavy atom. The molecule has 192 valence electrons. The standard InChI is InChI=1S/C24H36N4O6Si/c1-7-19-20(34-35(5,6)24(2,3)4)12-21(33-19)27-13-17(22(25)26-23(27)29)15-32-14-16-10-8-9-11-18(16)28(30)31/h8-11,13,19-21H,7,12,14-15H2,1-6H3,(H2,25,26,29)/t19-,20?,21-/m1/s1. The van der Waals surface area contributed by atoms with Gasteiger partial charge < -0.3 is 19.6 Å². The Morgan fingerprint density at radius 3 is 2.54 bits per heavy atom. The fourth-order valence-corrected chi connectivity index (χ4v) is 5.19. The molecule has 1 aromatic carbocycles. The smallest absolute Gasteiger partial charge is 0.351 e. The van der Waals surface area contributed by atoms with Crippen LogP contribution >= 0.6 is 0 Å². The number of benzene rings is 1. The molecule has 2 aromatic rings. The van der Waals surface area contributed by atoms with E-state index in [1.165, 1.54) is 10.6 Å². The number of nitrogen functional groups attached to an aromatic ring is 1. The number of hydrogen-bond donors (Lipinski definition) is 1. The average Bonchev–Trinajstić information content (AvgIpc) is 3.16. The van der Waals surface area contributed by atoms with Crippen molar-refractivity contribution in [1.29, 1.82) is 0 Å². The Hall–Kier alpha value is -2.60. The number of nitrogens with zero attached hydrogens (tertiary/aromatic N) is 3. The van der Waals surface area contributed by atoms with Crippen LogP contribution in [0.4, 0.5) is 11.5 Å². The second-order valence-electron chi connectivity index (χ2n) is 10.4. The molecule has 0 bridgehead atoms. The lowest BCUT2D eigenvalue weighted by atomic mass is 10.1. The molecule has 1 saturated heterocycles. The largest absolute Gasteiger partial charge is 0.411 e. The van der Waals surface area contributed by atoms with Crippen LogP contribution in [0.3, 0.4) is 0 Å². The number of anilines is 1. The summed E-state index contributed by atoms with van der Waals surface area (Å²) >= 11 is 0. The molecule has 10 nitrogen and oxygen atoms in total. The Bertz CT molecular complexity index is 1110. The minimum Gasteiger partial charge on any atom is -0.411 e. The molecule has 1 aromatic heterocycles. The molecule has 0 saturated carbocycles. The summed E-state index contributed by atoms with van der Waals surface area (Å²) in [5.74, 6) is 0.0629. The van der Waals surface area contributed by atoms with Gasteiger partial charge in [-0.1, -0.05) is 39.8 Å². The molecular weight excluding hydrogens is 468 g/mol. The van der Waals surface area contributed by atoms with E-state index in [2.05, 4.69) is 38.8 Å². The normalized spacial score (nSPS) is 20.8. The third kappa shape index (κ3) is 6.15. The molecule has 0 radical (unpaired) electrons. The first kappa shape index (κ1) is 27.0. The lowest BCUT2D eigenvalue weighted by Gasteiger charge is -2.39. The van der Waals surface area contributed by atoms with E-state index >= 15 is 0 Å². The van der Waals surface area contributed by atoms with Gasteiger partial charge in [0.15, 0.2) is 8.32 Å².